The number of carbonyl (C=O) groups is 2. The van der Waals surface area contributed by atoms with Gasteiger partial charge in [0.2, 0.25) is 0 Å². The van der Waals surface area contributed by atoms with Gasteiger partial charge in [-0.25, -0.2) is 0 Å². The molecule has 1 atom stereocenters. The first-order valence-corrected chi connectivity index (χ1v) is 8.96. The number of hydrogen-bond acceptors (Lipinski definition) is 3. The lowest BCUT2D eigenvalue weighted by molar-refractivity contribution is -0.144. The highest BCUT2D eigenvalue weighted by Crippen LogP contribution is 2.29. The quantitative estimate of drug-likeness (QED) is 0.782. The number of rotatable bonds is 5. The molecule has 0 spiro atoms. The first-order chi connectivity index (χ1) is 12.6. The lowest BCUT2D eigenvalue weighted by atomic mass is 10.1. The Bertz CT molecular complexity index is 668. The van der Waals surface area contributed by atoms with Gasteiger partial charge in [-0.05, 0) is 31.0 Å². The maximum Gasteiger partial charge on any atom is 0.416 e. The summed E-state index contributed by atoms with van der Waals surface area (Å²) >= 11 is 0. The molecule has 8 heteroatoms. The van der Waals surface area contributed by atoms with Crippen LogP contribution in [0.1, 0.15) is 36.7 Å². The van der Waals surface area contributed by atoms with Gasteiger partial charge in [0.1, 0.15) is 6.10 Å². The minimum Gasteiger partial charge on any atom is -0.368 e. The number of ether oxygens (including phenoxy) is 1. The van der Waals surface area contributed by atoms with Gasteiger partial charge in [0, 0.05) is 38.3 Å². The van der Waals surface area contributed by atoms with Gasteiger partial charge in [-0.1, -0.05) is 19.9 Å². The number of benzene rings is 1. The van der Waals surface area contributed by atoms with Crippen molar-refractivity contribution in [3.8, 4) is 0 Å². The van der Waals surface area contributed by atoms with E-state index < -0.39 is 23.8 Å². The summed E-state index contributed by atoms with van der Waals surface area (Å²) in [7, 11) is 0. The van der Waals surface area contributed by atoms with E-state index in [1.165, 1.54) is 17.0 Å². The van der Waals surface area contributed by atoms with Gasteiger partial charge in [-0.15, -0.1) is 0 Å². The van der Waals surface area contributed by atoms with Gasteiger partial charge in [0.05, 0.1) is 5.56 Å². The summed E-state index contributed by atoms with van der Waals surface area (Å²) in [6, 6.07) is 4.40. The monoisotopic (exact) mass is 386 g/mol. The molecule has 0 aliphatic carbocycles. The molecule has 0 unspecified atom stereocenters. The molecule has 1 fully saturated rings. The van der Waals surface area contributed by atoms with Crippen molar-refractivity contribution >= 4 is 11.8 Å². The molecular formula is C19H25F3N2O3. The van der Waals surface area contributed by atoms with Crippen LogP contribution in [0.2, 0.25) is 0 Å². The van der Waals surface area contributed by atoms with Crippen molar-refractivity contribution in [1.82, 2.24) is 9.80 Å². The summed E-state index contributed by atoms with van der Waals surface area (Å²) in [5.74, 6) is -0.277. The molecule has 1 aromatic carbocycles. The van der Waals surface area contributed by atoms with Crippen LogP contribution in [0.5, 0.6) is 0 Å². The van der Waals surface area contributed by atoms with E-state index in [4.69, 9.17) is 4.74 Å². The van der Waals surface area contributed by atoms with Crippen molar-refractivity contribution in [2.45, 2.75) is 33.1 Å². The average Bonchev–Trinajstić information content (AvgIpc) is 2.64. The average molecular weight is 386 g/mol. The first-order valence-electron chi connectivity index (χ1n) is 8.96. The normalized spacial score (nSPS) is 16.6. The maximum atomic E-state index is 12.8. The second kappa shape index (κ2) is 8.73. The van der Waals surface area contributed by atoms with Crippen molar-refractivity contribution in [2.75, 3.05) is 32.8 Å². The minimum absolute atomic E-state index is 0.00163. The summed E-state index contributed by atoms with van der Waals surface area (Å²) in [4.78, 5) is 28.0. The number of hydrogen-bond donors (Lipinski definition) is 0. The zero-order valence-electron chi connectivity index (χ0n) is 15.8. The smallest absolute Gasteiger partial charge is 0.368 e. The summed E-state index contributed by atoms with van der Waals surface area (Å²) in [5.41, 5.74) is -0.850. The third-order valence-corrected chi connectivity index (χ3v) is 4.34. The van der Waals surface area contributed by atoms with Crippen molar-refractivity contribution in [2.24, 2.45) is 5.92 Å². The number of nitrogens with zero attached hydrogens (tertiary/aromatic N) is 2. The Balaban J connectivity index is 1.93. The topological polar surface area (TPSA) is 49.9 Å². The highest BCUT2D eigenvalue weighted by atomic mass is 19.4. The minimum atomic E-state index is -4.49. The van der Waals surface area contributed by atoms with Crippen LogP contribution in [-0.2, 0) is 15.7 Å². The molecule has 0 radical (unpaired) electrons. The largest absolute Gasteiger partial charge is 0.416 e. The zero-order chi connectivity index (χ0) is 20.2. The lowest BCUT2D eigenvalue weighted by Crippen LogP contribution is -2.53. The molecule has 2 amide bonds. The molecule has 0 saturated carbocycles. The molecular weight excluding hydrogens is 361 g/mol. The molecule has 1 saturated heterocycles. The highest BCUT2D eigenvalue weighted by molar-refractivity contribution is 5.94. The molecule has 27 heavy (non-hydrogen) atoms. The Labute approximate surface area is 157 Å². The van der Waals surface area contributed by atoms with Gasteiger partial charge in [0.15, 0.2) is 0 Å². The van der Waals surface area contributed by atoms with Crippen LogP contribution in [-0.4, -0.2) is 60.5 Å². The van der Waals surface area contributed by atoms with Crippen LogP contribution in [0.15, 0.2) is 24.3 Å². The van der Waals surface area contributed by atoms with Gasteiger partial charge in [0.25, 0.3) is 11.8 Å². The van der Waals surface area contributed by atoms with Gasteiger partial charge in [-0.3, -0.25) is 9.59 Å². The van der Waals surface area contributed by atoms with E-state index in [0.717, 1.165) is 12.1 Å². The van der Waals surface area contributed by atoms with E-state index in [9.17, 15) is 22.8 Å². The first kappa shape index (κ1) is 21.2. The van der Waals surface area contributed by atoms with Crippen LogP contribution in [0, 0.1) is 5.92 Å². The van der Waals surface area contributed by atoms with E-state index in [1.54, 1.807) is 11.8 Å². The Morgan fingerprint density at radius 3 is 2.22 bits per heavy atom. The molecule has 0 N–H and O–H groups in total. The molecule has 1 aliphatic heterocycles. The molecule has 1 aromatic rings. The Morgan fingerprint density at radius 2 is 1.67 bits per heavy atom. The van der Waals surface area contributed by atoms with Crippen molar-refractivity contribution < 1.29 is 27.5 Å². The van der Waals surface area contributed by atoms with E-state index in [1.807, 2.05) is 13.8 Å². The second-order valence-electron chi connectivity index (χ2n) is 7.07. The van der Waals surface area contributed by atoms with Crippen LogP contribution < -0.4 is 0 Å². The Hall–Kier alpha value is -2.09. The van der Waals surface area contributed by atoms with Crippen LogP contribution >= 0.6 is 0 Å². The van der Waals surface area contributed by atoms with Crippen molar-refractivity contribution in [1.29, 1.82) is 0 Å². The van der Waals surface area contributed by atoms with E-state index in [0.29, 0.717) is 25.6 Å². The van der Waals surface area contributed by atoms with E-state index >= 15 is 0 Å². The fraction of sp³-hybridized carbons (Fsp3) is 0.579. The molecule has 2 rings (SSSR count). The summed E-state index contributed by atoms with van der Waals surface area (Å²) < 4.78 is 44.0. The molecule has 1 aliphatic rings. The predicted molar refractivity (Wildman–Crippen MR) is 94.2 cm³/mol. The number of carbonyl (C=O) groups excluding carboxylic acids is 2. The van der Waals surface area contributed by atoms with Crippen molar-refractivity contribution in [3.63, 3.8) is 0 Å². The molecule has 0 aromatic heterocycles. The van der Waals surface area contributed by atoms with Crippen molar-refractivity contribution in [3.05, 3.63) is 35.4 Å². The van der Waals surface area contributed by atoms with Crippen LogP contribution in [0.4, 0.5) is 13.2 Å². The lowest BCUT2D eigenvalue weighted by Gasteiger charge is -2.36. The van der Waals surface area contributed by atoms with Gasteiger partial charge >= 0.3 is 6.18 Å². The third kappa shape index (κ3) is 5.69. The molecule has 150 valence electrons. The molecule has 0 bridgehead atoms. The van der Waals surface area contributed by atoms with Crippen LogP contribution in [0.3, 0.4) is 0 Å². The SMILES string of the molecule is CC(C)CO[C@@H](C)C(=O)N1CCN(C(=O)c2cccc(C(F)(F)F)c2)CC1. The van der Waals surface area contributed by atoms with Crippen LogP contribution in [0.25, 0.3) is 0 Å². The zero-order valence-corrected chi connectivity index (χ0v) is 15.8. The number of piperazine rings is 1. The highest BCUT2D eigenvalue weighted by Gasteiger charge is 2.32. The number of alkyl halides is 3. The summed E-state index contributed by atoms with van der Waals surface area (Å²) in [5, 5.41) is 0. The number of amides is 2. The maximum absolute atomic E-state index is 12.8. The standard InChI is InChI=1S/C19H25F3N2O3/c1-13(2)12-27-14(3)17(25)23-7-9-24(10-8-23)18(26)15-5-4-6-16(11-15)19(20,21)22/h4-6,11,13-14H,7-10,12H2,1-3H3/t14-/m0/s1. The summed E-state index contributed by atoms with van der Waals surface area (Å²) in [6.45, 7) is 7.39. The Morgan fingerprint density at radius 1 is 1.07 bits per heavy atom. The van der Waals surface area contributed by atoms with E-state index in [-0.39, 0.29) is 24.6 Å². The molecule has 1 heterocycles. The Kier molecular flexibility index (Phi) is 6.86. The van der Waals surface area contributed by atoms with Gasteiger partial charge < -0.3 is 14.5 Å². The fourth-order valence-electron chi connectivity index (χ4n) is 2.81. The predicted octanol–water partition coefficient (Wildman–Crippen LogP) is 3.05. The summed E-state index contributed by atoms with van der Waals surface area (Å²) in [6.07, 6.45) is -5.05. The second-order valence-corrected chi connectivity index (χ2v) is 7.07. The molecule has 5 nitrogen and oxygen atoms in total. The fourth-order valence-corrected chi connectivity index (χ4v) is 2.81. The van der Waals surface area contributed by atoms with Gasteiger partial charge in [-0.2, -0.15) is 13.2 Å². The third-order valence-electron chi connectivity index (χ3n) is 4.34. The number of halogens is 3. The van der Waals surface area contributed by atoms with E-state index in [2.05, 4.69) is 0 Å².